The van der Waals surface area contributed by atoms with Gasteiger partial charge >= 0.3 is 0 Å². The van der Waals surface area contributed by atoms with E-state index in [9.17, 15) is 9.59 Å². The van der Waals surface area contributed by atoms with Crippen LogP contribution in [0.4, 0.5) is 11.4 Å². The second kappa shape index (κ2) is 5.83. The lowest BCUT2D eigenvalue weighted by Gasteiger charge is -2.19. The van der Waals surface area contributed by atoms with Crippen LogP contribution in [0.2, 0.25) is 0 Å². The van der Waals surface area contributed by atoms with Gasteiger partial charge in [0, 0.05) is 11.3 Å². The third kappa shape index (κ3) is 2.85. The number of nitrogens with one attached hydrogen (secondary N) is 3. The van der Waals surface area contributed by atoms with Crippen LogP contribution >= 0.6 is 0 Å². The Morgan fingerprint density at radius 2 is 1.96 bits per heavy atom. The van der Waals surface area contributed by atoms with Crippen molar-refractivity contribution in [1.82, 2.24) is 20.8 Å². The topological polar surface area (TPSA) is 103 Å². The highest BCUT2D eigenvalue weighted by atomic mass is 16.2. The standard InChI is InChI=1S/C18H18N6O2/c1-18(2)10-24(22-17(18)26)13-6-3-11(4-7-13)16(25)19-12-5-8-14-15(9-12)21-23-20-14/h3-9H,10H2,1-2H3,(H,19,25)(H,22,26)(H,20,21,23). The zero-order valence-electron chi connectivity index (χ0n) is 14.4. The molecule has 4 rings (SSSR count). The molecule has 0 aliphatic carbocycles. The smallest absolute Gasteiger partial charge is 0.255 e. The minimum atomic E-state index is -0.435. The summed E-state index contributed by atoms with van der Waals surface area (Å²) in [5, 5.41) is 15.1. The van der Waals surface area contributed by atoms with Crippen LogP contribution in [0, 0.1) is 5.41 Å². The Balaban J connectivity index is 1.48. The summed E-state index contributed by atoms with van der Waals surface area (Å²) in [6, 6.07) is 12.5. The van der Waals surface area contributed by atoms with Gasteiger partial charge in [0.15, 0.2) is 0 Å². The molecule has 8 heteroatoms. The number of anilines is 2. The van der Waals surface area contributed by atoms with Crippen molar-refractivity contribution < 1.29 is 9.59 Å². The van der Waals surface area contributed by atoms with Gasteiger partial charge in [-0.15, -0.1) is 5.10 Å². The van der Waals surface area contributed by atoms with Crippen molar-refractivity contribution in [2.24, 2.45) is 5.41 Å². The second-order valence-corrected chi connectivity index (χ2v) is 6.96. The van der Waals surface area contributed by atoms with E-state index in [0.717, 1.165) is 11.2 Å². The van der Waals surface area contributed by atoms with Gasteiger partial charge in [0.25, 0.3) is 5.91 Å². The van der Waals surface area contributed by atoms with Crippen LogP contribution in [0.5, 0.6) is 0 Å². The largest absolute Gasteiger partial charge is 0.322 e. The van der Waals surface area contributed by atoms with Crippen molar-refractivity contribution in [3.05, 3.63) is 48.0 Å². The molecule has 1 aliphatic rings. The van der Waals surface area contributed by atoms with Crippen molar-refractivity contribution in [1.29, 1.82) is 0 Å². The summed E-state index contributed by atoms with van der Waals surface area (Å²) in [6.07, 6.45) is 0. The first-order valence-corrected chi connectivity index (χ1v) is 8.23. The van der Waals surface area contributed by atoms with Gasteiger partial charge in [-0.25, -0.2) is 0 Å². The summed E-state index contributed by atoms with van der Waals surface area (Å²) in [4.78, 5) is 24.3. The molecule has 2 aromatic carbocycles. The third-order valence-corrected chi connectivity index (χ3v) is 4.43. The maximum absolute atomic E-state index is 12.4. The quantitative estimate of drug-likeness (QED) is 0.671. The van der Waals surface area contributed by atoms with Crippen molar-refractivity contribution in [3.8, 4) is 0 Å². The zero-order valence-corrected chi connectivity index (χ0v) is 14.4. The molecule has 0 bridgehead atoms. The molecule has 3 N–H and O–H groups in total. The molecule has 2 amide bonds. The third-order valence-electron chi connectivity index (χ3n) is 4.43. The molecule has 0 spiro atoms. The van der Waals surface area contributed by atoms with Gasteiger partial charge in [-0.2, -0.15) is 0 Å². The maximum atomic E-state index is 12.4. The van der Waals surface area contributed by atoms with Crippen LogP contribution in [0.15, 0.2) is 42.5 Å². The number of aromatic nitrogens is 3. The lowest BCUT2D eigenvalue weighted by Crippen LogP contribution is -2.33. The second-order valence-electron chi connectivity index (χ2n) is 6.96. The van der Waals surface area contributed by atoms with E-state index in [1.54, 1.807) is 29.3 Å². The van der Waals surface area contributed by atoms with Crippen LogP contribution in [-0.4, -0.2) is 33.8 Å². The Kier molecular flexibility index (Phi) is 3.61. The number of fused-ring (bicyclic) bond motifs is 1. The fraction of sp³-hybridized carbons (Fsp3) is 0.222. The molecular weight excluding hydrogens is 332 g/mol. The molecule has 1 aliphatic heterocycles. The zero-order chi connectivity index (χ0) is 18.3. The van der Waals surface area contributed by atoms with E-state index in [0.29, 0.717) is 23.3 Å². The highest BCUT2D eigenvalue weighted by Crippen LogP contribution is 2.27. The summed E-state index contributed by atoms with van der Waals surface area (Å²) in [6.45, 7) is 4.38. The van der Waals surface area contributed by atoms with Gasteiger partial charge in [0.1, 0.15) is 5.52 Å². The summed E-state index contributed by atoms with van der Waals surface area (Å²) in [5.41, 5.74) is 5.91. The van der Waals surface area contributed by atoms with Crippen molar-refractivity contribution in [2.45, 2.75) is 13.8 Å². The minimum Gasteiger partial charge on any atom is -0.322 e. The van der Waals surface area contributed by atoms with Gasteiger partial charge in [-0.1, -0.05) is 5.21 Å². The van der Waals surface area contributed by atoms with E-state index in [2.05, 4.69) is 26.2 Å². The molecule has 26 heavy (non-hydrogen) atoms. The monoisotopic (exact) mass is 350 g/mol. The van der Waals surface area contributed by atoms with E-state index in [-0.39, 0.29) is 11.8 Å². The summed E-state index contributed by atoms with van der Waals surface area (Å²) < 4.78 is 0. The maximum Gasteiger partial charge on any atom is 0.255 e. The molecule has 0 radical (unpaired) electrons. The molecule has 1 aromatic heterocycles. The van der Waals surface area contributed by atoms with Crippen LogP contribution in [0.1, 0.15) is 24.2 Å². The Labute approximate surface area is 149 Å². The molecule has 0 atom stereocenters. The number of rotatable bonds is 3. The summed E-state index contributed by atoms with van der Waals surface area (Å²) in [7, 11) is 0. The first-order valence-electron chi connectivity index (χ1n) is 8.23. The van der Waals surface area contributed by atoms with Gasteiger partial charge in [0.05, 0.1) is 23.2 Å². The number of nitrogens with zero attached hydrogens (tertiary/aromatic N) is 3. The number of hydrogen-bond donors (Lipinski definition) is 3. The van der Waals surface area contributed by atoms with E-state index < -0.39 is 5.41 Å². The fourth-order valence-corrected chi connectivity index (χ4v) is 2.85. The average Bonchev–Trinajstić information content (AvgIpc) is 3.18. The molecule has 2 heterocycles. The lowest BCUT2D eigenvalue weighted by atomic mass is 9.94. The van der Waals surface area contributed by atoms with Crippen molar-refractivity contribution in [3.63, 3.8) is 0 Å². The number of amides is 2. The van der Waals surface area contributed by atoms with Crippen molar-refractivity contribution >= 4 is 34.2 Å². The van der Waals surface area contributed by atoms with E-state index in [4.69, 9.17) is 0 Å². The fourth-order valence-electron chi connectivity index (χ4n) is 2.85. The Morgan fingerprint density at radius 3 is 2.65 bits per heavy atom. The molecule has 3 aromatic rings. The Hall–Kier alpha value is -3.42. The minimum absolute atomic E-state index is 0.0115. The normalized spacial score (nSPS) is 15.9. The number of hydrogen-bond acceptors (Lipinski definition) is 5. The number of aromatic amines is 1. The van der Waals surface area contributed by atoms with Gasteiger partial charge in [-0.3, -0.25) is 25.1 Å². The van der Waals surface area contributed by atoms with Crippen molar-refractivity contribution in [2.75, 3.05) is 16.9 Å². The van der Waals surface area contributed by atoms with Gasteiger partial charge in [0.2, 0.25) is 5.91 Å². The molecule has 0 saturated carbocycles. The van der Waals surface area contributed by atoms with Gasteiger partial charge in [-0.05, 0) is 56.3 Å². The Morgan fingerprint density at radius 1 is 1.19 bits per heavy atom. The number of carbonyl (C=O) groups is 2. The predicted octanol–water partition coefficient (Wildman–Crippen LogP) is 2.09. The molecule has 132 valence electrons. The summed E-state index contributed by atoms with van der Waals surface area (Å²) in [5.74, 6) is -0.229. The number of H-pyrrole nitrogens is 1. The van der Waals surface area contributed by atoms with Crippen LogP contribution in [-0.2, 0) is 4.79 Å². The molecule has 0 unspecified atom stereocenters. The predicted molar refractivity (Wildman–Crippen MR) is 97.6 cm³/mol. The van der Waals surface area contributed by atoms with Gasteiger partial charge < -0.3 is 5.32 Å². The van der Waals surface area contributed by atoms with E-state index in [1.165, 1.54) is 0 Å². The average molecular weight is 350 g/mol. The van der Waals surface area contributed by atoms with Crippen LogP contribution in [0.25, 0.3) is 11.0 Å². The van der Waals surface area contributed by atoms with E-state index in [1.807, 2.05) is 32.0 Å². The van der Waals surface area contributed by atoms with Crippen LogP contribution < -0.4 is 15.8 Å². The number of benzene rings is 2. The number of carbonyl (C=O) groups excluding carboxylic acids is 2. The molecule has 8 nitrogen and oxygen atoms in total. The Bertz CT molecular complexity index is 992. The first-order chi connectivity index (χ1) is 12.4. The highest BCUT2D eigenvalue weighted by Gasteiger charge is 2.38. The molecule has 1 fully saturated rings. The molecule has 1 saturated heterocycles. The first kappa shape index (κ1) is 16.1. The SMILES string of the molecule is CC1(C)CN(c2ccc(C(=O)Nc3ccc4[nH]nnc4c3)cc2)NC1=O. The van der Waals surface area contributed by atoms with Crippen LogP contribution in [0.3, 0.4) is 0 Å². The van der Waals surface area contributed by atoms with E-state index >= 15 is 0 Å². The lowest BCUT2D eigenvalue weighted by molar-refractivity contribution is -0.125. The number of hydrazine groups is 1. The summed E-state index contributed by atoms with van der Waals surface area (Å²) >= 11 is 0. The molecular formula is C18H18N6O2. The highest BCUT2D eigenvalue weighted by molar-refractivity contribution is 6.05.